The van der Waals surface area contributed by atoms with Crippen molar-refractivity contribution in [2.24, 2.45) is 0 Å². The van der Waals surface area contributed by atoms with Gasteiger partial charge in [0.1, 0.15) is 5.82 Å². The topological polar surface area (TPSA) is 80.2 Å². The van der Waals surface area contributed by atoms with E-state index in [0.717, 1.165) is 12.6 Å². The van der Waals surface area contributed by atoms with Crippen molar-refractivity contribution in [3.05, 3.63) is 47.7 Å². The number of hydrogen-bond acceptors (Lipinski definition) is 4. The number of amides is 2. The number of aromatic nitrogens is 2. The standard InChI is InChI=1S/C17H20F3N5O2/c18-17(19,20)14-4-2-1-3-12(14)11-25-15(5-6-23-25)24-16(26)22-10-13-9-21-7-8-27-13/h1-6,13,21H,7-11H2,(H2,22,24,26)/t13-/m1/s1. The lowest BCUT2D eigenvalue weighted by Gasteiger charge is -2.23. The number of ether oxygens (including phenoxy) is 1. The quantitative estimate of drug-likeness (QED) is 0.739. The van der Waals surface area contributed by atoms with Crippen molar-refractivity contribution in [3.8, 4) is 0 Å². The first-order chi connectivity index (χ1) is 12.9. The zero-order valence-electron chi connectivity index (χ0n) is 14.4. The van der Waals surface area contributed by atoms with Crippen molar-refractivity contribution < 1.29 is 22.7 Å². The van der Waals surface area contributed by atoms with Gasteiger partial charge in [-0.05, 0) is 11.6 Å². The second-order valence-electron chi connectivity index (χ2n) is 6.06. The fourth-order valence-corrected chi connectivity index (χ4v) is 2.78. The van der Waals surface area contributed by atoms with E-state index in [0.29, 0.717) is 25.5 Å². The number of morpholine rings is 1. The number of rotatable bonds is 5. The Hall–Kier alpha value is -2.59. The van der Waals surface area contributed by atoms with Crippen molar-refractivity contribution in [3.63, 3.8) is 0 Å². The molecule has 1 fully saturated rings. The van der Waals surface area contributed by atoms with Crippen molar-refractivity contribution in [2.45, 2.75) is 18.8 Å². The molecule has 7 nitrogen and oxygen atoms in total. The number of hydrogen-bond donors (Lipinski definition) is 3. The van der Waals surface area contributed by atoms with E-state index in [1.807, 2.05) is 0 Å². The number of halogens is 3. The summed E-state index contributed by atoms with van der Waals surface area (Å²) in [5.74, 6) is 0.298. The molecule has 10 heteroatoms. The van der Waals surface area contributed by atoms with Gasteiger partial charge in [0.2, 0.25) is 0 Å². The van der Waals surface area contributed by atoms with Crippen LogP contribution in [0, 0.1) is 0 Å². The average molecular weight is 383 g/mol. The first kappa shape index (κ1) is 19.2. The molecule has 1 aromatic carbocycles. The van der Waals surface area contributed by atoms with Crippen molar-refractivity contribution in [2.75, 3.05) is 31.6 Å². The van der Waals surface area contributed by atoms with Gasteiger partial charge in [-0.2, -0.15) is 18.3 Å². The molecule has 0 bridgehead atoms. The van der Waals surface area contributed by atoms with Crippen LogP contribution in [0.5, 0.6) is 0 Å². The summed E-state index contributed by atoms with van der Waals surface area (Å²) in [6.45, 7) is 2.21. The summed E-state index contributed by atoms with van der Waals surface area (Å²) in [5.41, 5.74) is -0.656. The number of urea groups is 1. The van der Waals surface area contributed by atoms with Crippen LogP contribution in [-0.2, 0) is 17.5 Å². The molecule has 3 N–H and O–H groups in total. The monoisotopic (exact) mass is 383 g/mol. The molecule has 2 aromatic rings. The van der Waals surface area contributed by atoms with Gasteiger partial charge in [0, 0.05) is 25.7 Å². The van der Waals surface area contributed by atoms with Crippen LogP contribution in [0.25, 0.3) is 0 Å². The maximum atomic E-state index is 13.1. The van der Waals surface area contributed by atoms with Gasteiger partial charge < -0.3 is 15.4 Å². The van der Waals surface area contributed by atoms with Gasteiger partial charge >= 0.3 is 12.2 Å². The predicted molar refractivity (Wildman–Crippen MR) is 92.4 cm³/mol. The van der Waals surface area contributed by atoms with Crippen LogP contribution in [-0.4, -0.2) is 48.2 Å². The number of carbonyl (C=O) groups excluding carboxylic acids is 1. The summed E-state index contributed by atoms with van der Waals surface area (Å²) in [6, 6.07) is 6.33. The van der Waals surface area contributed by atoms with Crippen LogP contribution in [0.1, 0.15) is 11.1 Å². The van der Waals surface area contributed by atoms with Crippen LogP contribution in [0.3, 0.4) is 0 Å². The van der Waals surface area contributed by atoms with Crippen molar-refractivity contribution >= 4 is 11.8 Å². The first-order valence-electron chi connectivity index (χ1n) is 8.47. The van der Waals surface area contributed by atoms with E-state index in [1.165, 1.54) is 35.1 Å². The van der Waals surface area contributed by atoms with E-state index >= 15 is 0 Å². The van der Waals surface area contributed by atoms with Crippen LogP contribution >= 0.6 is 0 Å². The van der Waals surface area contributed by atoms with Crippen LogP contribution in [0.15, 0.2) is 36.5 Å². The molecule has 0 saturated carbocycles. The molecule has 0 unspecified atom stereocenters. The molecule has 1 aliphatic rings. The van der Waals surface area contributed by atoms with E-state index in [-0.39, 0.29) is 18.2 Å². The Bertz CT molecular complexity index is 772. The molecule has 2 heterocycles. The van der Waals surface area contributed by atoms with Gasteiger partial charge in [-0.3, -0.25) is 5.32 Å². The molecule has 2 amide bonds. The van der Waals surface area contributed by atoms with Gasteiger partial charge in [0.05, 0.1) is 31.0 Å². The highest BCUT2D eigenvalue weighted by atomic mass is 19.4. The minimum absolute atomic E-state index is 0.0684. The Morgan fingerprint density at radius 2 is 2.15 bits per heavy atom. The first-order valence-corrected chi connectivity index (χ1v) is 8.47. The Balaban J connectivity index is 1.62. The highest BCUT2D eigenvalue weighted by Crippen LogP contribution is 2.32. The maximum absolute atomic E-state index is 13.1. The summed E-state index contributed by atoms with van der Waals surface area (Å²) < 4.78 is 46.2. The van der Waals surface area contributed by atoms with Gasteiger partial charge in [-0.25, -0.2) is 9.48 Å². The molecule has 0 aliphatic carbocycles. The van der Waals surface area contributed by atoms with E-state index < -0.39 is 17.8 Å². The Morgan fingerprint density at radius 3 is 2.89 bits per heavy atom. The molecule has 1 saturated heterocycles. The summed E-state index contributed by atoms with van der Waals surface area (Å²) in [4.78, 5) is 12.1. The molecular weight excluding hydrogens is 363 g/mol. The number of benzene rings is 1. The zero-order valence-corrected chi connectivity index (χ0v) is 14.4. The Kier molecular flexibility index (Phi) is 5.97. The molecule has 3 rings (SSSR count). The fraction of sp³-hybridized carbons (Fsp3) is 0.412. The minimum Gasteiger partial charge on any atom is -0.374 e. The number of nitrogens with one attached hydrogen (secondary N) is 3. The second-order valence-corrected chi connectivity index (χ2v) is 6.06. The smallest absolute Gasteiger partial charge is 0.374 e. The minimum atomic E-state index is -4.46. The SMILES string of the molecule is O=C(NC[C@H]1CNCCO1)Nc1ccnn1Cc1ccccc1C(F)(F)F. The van der Waals surface area contributed by atoms with Crippen molar-refractivity contribution in [1.82, 2.24) is 20.4 Å². The second kappa shape index (κ2) is 8.40. The van der Waals surface area contributed by atoms with E-state index in [1.54, 1.807) is 0 Å². The normalized spacial score (nSPS) is 17.5. The van der Waals surface area contributed by atoms with Gasteiger partial charge in [-0.15, -0.1) is 0 Å². The Labute approximate surface area is 153 Å². The van der Waals surface area contributed by atoms with Crippen LogP contribution in [0.2, 0.25) is 0 Å². The van der Waals surface area contributed by atoms with Crippen molar-refractivity contribution in [1.29, 1.82) is 0 Å². The largest absolute Gasteiger partial charge is 0.416 e. The molecule has 1 aromatic heterocycles. The highest BCUT2D eigenvalue weighted by Gasteiger charge is 2.33. The van der Waals surface area contributed by atoms with Crippen LogP contribution < -0.4 is 16.0 Å². The number of anilines is 1. The van der Waals surface area contributed by atoms with Gasteiger partial charge in [0.25, 0.3) is 0 Å². The molecule has 1 atom stereocenters. The molecule has 1 aliphatic heterocycles. The highest BCUT2D eigenvalue weighted by molar-refractivity contribution is 5.88. The van der Waals surface area contributed by atoms with Crippen LogP contribution in [0.4, 0.5) is 23.8 Å². The molecular formula is C17H20F3N5O2. The molecule has 146 valence electrons. The third-order valence-electron chi connectivity index (χ3n) is 4.10. The lowest BCUT2D eigenvalue weighted by Crippen LogP contribution is -2.46. The number of alkyl halides is 3. The number of carbonyl (C=O) groups is 1. The lowest BCUT2D eigenvalue weighted by molar-refractivity contribution is -0.138. The molecule has 0 spiro atoms. The lowest BCUT2D eigenvalue weighted by atomic mass is 10.1. The van der Waals surface area contributed by atoms with E-state index in [9.17, 15) is 18.0 Å². The predicted octanol–water partition coefficient (Wildman–Crippen LogP) is 2.06. The summed E-state index contributed by atoms with van der Waals surface area (Å²) >= 11 is 0. The van der Waals surface area contributed by atoms with Gasteiger partial charge in [0.15, 0.2) is 0 Å². The van der Waals surface area contributed by atoms with E-state index in [4.69, 9.17) is 4.74 Å². The van der Waals surface area contributed by atoms with Gasteiger partial charge in [-0.1, -0.05) is 18.2 Å². The zero-order chi connectivity index (χ0) is 19.3. The third kappa shape index (κ3) is 5.20. The third-order valence-corrected chi connectivity index (χ3v) is 4.10. The average Bonchev–Trinajstić information content (AvgIpc) is 3.07. The number of nitrogens with zero attached hydrogens (tertiary/aromatic N) is 2. The molecule has 0 radical (unpaired) electrons. The summed E-state index contributed by atoms with van der Waals surface area (Å²) in [5, 5.41) is 12.4. The summed E-state index contributed by atoms with van der Waals surface area (Å²) in [7, 11) is 0. The Morgan fingerprint density at radius 1 is 1.33 bits per heavy atom. The fourth-order valence-electron chi connectivity index (χ4n) is 2.78. The van der Waals surface area contributed by atoms with E-state index in [2.05, 4.69) is 21.0 Å². The molecule has 27 heavy (non-hydrogen) atoms. The summed E-state index contributed by atoms with van der Waals surface area (Å²) in [6.07, 6.45) is -3.16. The maximum Gasteiger partial charge on any atom is 0.416 e.